The summed E-state index contributed by atoms with van der Waals surface area (Å²) < 4.78 is 5.26. The number of hydrogen-bond acceptors (Lipinski definition) is 5. The van der Waals surface area contributed by atoms with Crippen molar-refractivity contribution in [2.75, 3.05) is 20.1 Å². The summed E-state index contributed by atoms with van der Waals surface area (Å²) in [5.41, 5.74) is 0.842. The van der Waals surface area contributed by atoms with Crippen molar-refractivity contribution in [2.24, 2.45) is 0 Å². The number of halogens is 2. The molecule has 0 aliphatic carbocycles. The van der Waals surface area contributed by atoms with Gasteiger partial charge in [0.25, 0.3) is 0 Å². The maximum atomic E-state index is 12.4. The Morgan fingerprint density at radius 3 is 2.88 bits per heavy atom. The number of aromatic nitrogens is 2. The Balaban J connectivity index is 0.00000225. The number of likely N-dealkylation sites (N-methyl/N-ethyl adjacent to an activating group) is 1. The lowest BCUT2D eigenvalue weighted by molar-refractivity contribution is -0.132. The molecule has 1 amide bonds. The molecule has 6 nitrogen and oxygen atoms in total. The Labute approximate surface area is 158 Å². The van der Waals surface area contributed by atoms with E-state index in [0.717, 1.165) is 31.5 Å². The molecule has 136 valence electrons. The molecule has 1 aliphatic heterocycles. The summed E-state index contributed by atoms with van der Waals surface area (Å²) in [7, 11) is 1.91. The number of carbonyl (C=O) groups excluding carboxylic acids is 1. The van der Waals surface area contributed by atoms with E-state index in [1.54, 1.807) is 12.1 Å². The van der Waals surface area contributed by atoms with Crippen LogP contribution < -0.4 is 5.32 Å². The first-order valence-electron chi connectivity index (χ1n) is 8.20. The molecule has 2 aromatic rings. The summed E-state index contributed by atoms with van der Waals surface area (Å²) in [6.07, 6.45) is 2.98. The van der Waals surface area contributed by atoms with Gasteiger partial charge in [-0.1, -0.05) is 16.8 Å². The normalized spacial score (nSPS) is 16.7. The highest BCUT2D eigenvalue weighted by Crippen LogP contribution is 2.20. The topological polar surface area (TPSA) is 71.3 Å². The van der Waals surface area contributed by atoms with E-state index in [9.17, 15) is 4.79 Å². The van der Waals surface area contributed by atoms with Gasteiger partial charge < -0.3 is 14.7 Å². The zero-order chi connectivity index (χ0) is 16.9. The van der Waals surface area contributed by atoms with Crippen molar-refractivity contribution in [3.05, 3.63) is 35.2 Å². The predicted molar refractivity (Wildman–Crippen MR) is 99.0 cm³/mol. The van der Waals surface area contributed by atoms with Crippen LogP contribution in [0.5, 0.6) is 0 Å². The van der Waals surface area contributed by atoms with Crippen molar-refractivity contribution >= 4 is 29.9 Å². The summed E-state index contributed by atoms with van der Waals surface area (Å²) in [6.45, 7) is 1.68. The molecule has 1 atom stereocenters. The van der Waals surface area contributed by atoms with E-state index >= 15 is 0 Å². The predicted octanol–water partition coefficient (Wildman–Crippen LogP) is 2.95. The van der Waals surface area contributed by atoms with Crippen molar-refractivity contribution in [1.29, 1.82) is 0 Å². The number of benzene rings is 1. The van der Waals surface area contributed by atoms with Crippen LogP contribution in [0.2, 0.25) is 5.02 Å². The Hall–Kier alpha value is -1.63. The van der Waals surface area contributed by atoms with Gasteiger partial charge >= 0.3 is 0 Å². The quantitative estimate of drug-likeness (QED) is 0.828. The first kappa shape index (κ1) is 19.7. The molecule has 8 heteroatoms. The zero-order valence-electron chi connectivity index (χ0n) is 14.1. The number of nitrogens with zero attached hydrogens (tertiary/aromatic N) is 3. The lowest BCUT2D eigenvalue weighted by Crippen LogP contribution is -2.40. The number of likely N-dealkylation sites (tertiary alicyclic amines) is 1. The van der Waals surface area contributed by atoms with Crippen LogP contribution in [0.3, 0.4) is 0 Å². The van der Waals surface area contributed by atoms with Gasteiger partial charge in [0.2, 0.25) is 17.6 Å². The second-order valence-electron chi connectivity index (χ2n) is 5.96. The monoisotopic (exact) mass is 384 g/mol. The van der Waals surface area contributed by atoms with Crippen molar-refractivity contribution in [3.63, 3.8) is 0 Å². The molecule has 1 aromatic carbocycles. The van der Waals surface area contributed by atoms with Gasteiger partial charge in [-0.05, 0) is 44.2 Å². The summed E-state index contributed by atoms with van der Waals surface area (Å²) in [6, 6.07) is 7.55. The number of carbonyl (C=O) groups is 1. The molecule has 1 saturated heterocycles. The van der Waals surface area contributed by atoms with Crippen molar-refractivity contribution in [3.8, 4) is 11.4 Å². The minimum Gasteiger partial charge on any atom is -0.339 e. The van der Waals surface area contributed by atoms with Gasteiger partial charge in [0, 0.05) is 42.6 Å². The Morgan fingerprint density at radius 2 is 2.16 bits per heavy atom. The molecule has 1 N–H and O–H groups in total. The van der Waals surface area contributed by atoms with Gasteiger partial charge in [-0.3, -0.25) is 4.79 Å². The van der Waals surface area contributed by atoms with Crippen LogP contribution in [-0.4, -0.2) is 47.1 Å². The lowest BCUT2D eigenvalue weighted by atomic mass is 10.2. The molecule has 1 aromatic heterocycles. The van der Waals surface area contributed by atoms with Gasteiger partial charge in [-0.15, -0.1) is 12.4 Å². The average molecular weight is 385 g/mol. The van der Waals surface area contributed by atoms with Crippen LogP contribution in [0.4, 0.5) is 0 Å². The molecule has 25 heavy (non-hydrogen) atoms. The number of amides is 1. The molecule has 3 rings (SSSR count). The second-order valence-corrected chi connectivity index (χ2v) is 6.40. The fraction of sp³-hybridized carbons (Fsp3) is 0.471. The first-order chi connectivity index (χ1) is 11.7. The van der Waals surface area contributed by atoms with Crippen molar-refractivity contribution < 1.29 is 9.32 Å². The Kier molecular flexibility index (Phi) is 7.23. The Bertz CT molecular complexity index is 690. The smallest absolute Gasteiger partial charge is 0.227 e. The molecule has 1 aliphatic rings. The van der Waals surface area contributed by atoms with E-state index in [4.69, 9.17) is 16.1 Å². The molecule has 0 radical (unpaired) electrons. The molecule has 2 heterocycles. The van der Waals surface area contributed by atoms with Gasteiger partial charge in [0.15, 0.2) is 0 Å². The van der Waals surface area contributed by atoms with E-state index < -0.39 is 0 Å². The maximum absolute atomic E-state index is 12.4. The molecule has 1 fully saturated rings. The Morgan fingerprint density at radius 1 is 1.40 bits per heavy atom. The highest BCUT2D eigenvalue weighted by Gasteiger charge is 2.27. The van der Waals surface area contributed by atoms with E-state index in [1.807, 2.05) is 24.1 Å². The fourth-order valence-corrected chi connectivity index (χ4v) is 3.17. The van der Waals surface area contributed by atoms with Gasteiger partial charge in [0.1, 0.15) is 0 Å². The van der Waals surface area contributed by atoms with Crippen LogP contribution in [0.15, 0.2) is 28.8 Å². The maximum Gasteiger partial charge on any atom is 0.227 e. The highest BCUT2D eigenvalue weighted by molar-refractivity contribution is 6.30. The SMILES string of the molecule is CNCC1CCCN1C(=O)CCc1nc(-c2ccc(Cl)cc2)no1.Cl. The fourth-order valence-electron chi connectivity index (χ4n) is 3.04. The number of hydrogen-bond donors (Lipinski definition) is 1. The van der Waals surface area contributed by atoms with E-state index in [0.29, 0.717) is 35.6 Å². The van der Waals surface area contributed by atoms with Crippen LogP contribution in [0.1, 0.15) is 25.2 Å². The van der Waals surface area contributed by atoms with Crippen LogP contribution in [0, 0.1) is 0 Å². The molecule has 0 saturated carbocycles. The first-order valence-corrected chi connectivity index (χ1v) is 8.58. The van der Waals surface area contributed by atoms with Gasteiger partial charge in [0.05, 0.1) is 0 Å². The van der Waals surface area contributed by atoms with Gasteiger partial charge in [-0.2, -0.15) is 4.98 Å². The molecule has 0 spiro atoms. The summed E-state index contributed by atoms with van der Waals surface area (Å²) in [5, 5.41) is 7.78. The second kappa shape index (κ2) is 9.17. The minimum atomic E-state index is 0. The molecule has 1 unspecified atom stereocenters. The summed E-state index contributed by atoms with van der Waals surface area (Å²) in [5.74, 6) is 1.15. The number of nitrogens with one attached hydrogen (secondary N) is 1. The third-order valence-electron chi connectivity index (χ3n) is 4.26. The summed E-state index contributed by atoms with van der Waals surface area (Å²) in [4.78, 5) is 18.7. The van der Waals surface area contributed by atoms with Crippen molar-refractivity contribution in [1.82, 2.24) is 20.4 Å². The van der Waals surface area contributed by atoms with Crippen LogP contribution in [-0.2, 0) is 11.2 Å². The third-order valence-corrected chi connectivity index (χ3v) is 4.51. The van der Waals surface area contributed by atoms with Crippen LogP contribution >= 0.6 is 24.0 Å². The minimum absolute atomic E-state index is 0. The average Bonchev–Trinajstić information content (AvgIpc) is 3.23. The number of rotatable bonds is 6. The number of aryl methyl sites for hydroxylation is 1. The van der Waals surface area contributed by atoms with Gasteiger partial charge in [-0.25, -0.2) is 0 Å². The molecule has 0 bridgehead atoms. The van der Waals surface area contributed by atoms with E-state index in [-0.39, 0.29) is 18.3 Å². The standard InChI is InChI=1S/C17H21ClN4O2.ClH/c1-19-11-14-3-2-10-22(14)16(23)9-8-15-20-17(21-24-15)12-4-6-13(18)7-5-12;/h4-7,14,19H,2-3,8-11H2,1H3;1H. The summed E-state index contributed by atoms with van der Waals surface area (Å²) >= 11 is 5.87. The molecular formula is C17H22Cl2N4O2. The largest absolute Gasteiger partial charge is 0.339 e. The zero-order valence-corrected chi connectivity index (χ0v) is 15.6. The molecular weight excluding hydrogens is 363 g/mol. The van der Waals surface area contributed by atoms with Crippen LogP contribution in [0.25, 0.3) is 11.4 Å². The highest BCUT2D eigenvalue weighted by atomic mass is 35.5. The van der Waals surface area contributed by atoms with E-state index in [1.165, 1.54) is 0 Å². The van der Waals surface area contributed by atoms with E-state index in [2.05, 4.69) is 15.5 Å². The lowest BCUT2D eigenvalue weighted by Gasteiger charge is -2.24. The van der Waals surface area contributed by atoms with Crippen molar-refractivity contribution in [2.45, 2.75) is 31.7 Å². The third kappa shape index (κ3) is 4.93.